The Morgan fingerprint density at radius 2 is 2.18 bits per heavy atom. The quantitative estimate of drug-likeness (QED) is 0.602. The molecule has 0 unspecified atom stereocenters. The molecule has 0 aliphatic rings. The number of halogens is 1. The number of thiophene rings is 1. The molecule has 3 rings (SSSR count). The van der Waals surface area contributed by atoms with Crippen molar-refractivity contribution in [1.82, 2.24) is 14.9 Å². The van der Waals surface area contributed by atoms with Gasteiger partial charge in [0.1, 0.15) is 15.5 Å². The van der Waals surface area contributed by atoms with Gasteiger partial charge < -0.3 is 9.72 Å². The highest BCUT2D eigenvalue weighted by Crippen LogP contribution is 2.29. The highest BCUT2D eigenvalue weighted by Gasteiger charge is 2.22. The van der Waals surface area contributed by atoms with Crippen molar-refractivity contribution in [3.63, 3.8) is 0 Å². The van der Waals surface area contributed by atoms with Crippen molar-refractivity contribution in [2.24, 2.45) is 0 Å². The van der Waals surface area contributed by atoms with Gasteiger partial charge in [0.05, 0.1) is 18.0 Å². The van der Waals surface area contributed by atoms with E-state index in [-0.39, 0.29) is 18.2 Å². The summed E-state index contributed by atoms with van der Waals surface area (Å²) in [5, 5.41) is 1.13. The lowest BCUT2D eigenvalue weighted by atomic mass is 10.1. The van der Waals surface area contributed by atoms with E-state index < -0.39 is 5.97 Å². The molecule has 148 valence electrons. The number of carbonyl (C=O) groups excluding carboxylic acids is 1. The van der Waals surface area contributed by atoms with Gasteiger partial charge in [-0.25, -0.2) is 9.78 Å². The maximum absolute atomic E-state index is 12.7. The normalized spacial score (nSPS) is 12.5. The molecule has 0 spiro atoms. The minimum atomic E-state index is -0.421. The Balaban J connectivity index is 1.92. The lowest BCUT2D eigenvalue weighted by molar-refractivity contribution is 0.0531. The monoisotopic (exact) mass is 419 g/mol. The van der Waals surface area contributed by atoms with E-state index >= 15 is 0 Å². The minimum Gasteiger partial charge on any atom is -0.462 e. The van der Waals surface area contributed by atoms with Gasteiger partial charge in [-0.2, -0.15) is 0 Å². The Hall–Kier alpha value is -2.22. The van der Waals surface area contributed by atoms with Gasteiger partial charge in [-0.05, 0) is 51.1 Å². The molecule has 28 heavy (non-hydrogen) atoms. The van der Waals surface area contributed by atoms with Crippen molar-refractivity contribution in [3.05, 3.63) is 61.5 Å². The molecule has 8 heteroatoms. The van der Waals surface area contributed by atoms with Crippen LogP contribution in [0.4, 0.5) is 0 Å². The first-order valence-corrected chi connectivity index (χ1v) is 10.2. The van der Waals surface area contributed by atoms with Crippen molar-refractivity contribution in [1.29, 1.82) is 0 Å². The molecule has 1 atom stereocenters. The molecule has 6 nitrogen and oxygen atoms in total. The van der Waals surface area contributed by atoms with Crippen LogP contribution in [0.15, 0.2) is 29.1 Å². The molecule has 1 aromatic carbocycles. The summed E-state index contributed by atoms with van der Waals surface area (Å²) >= 11 is 7.26. The predicted molar refractivity (Wildman–Crippen MR) is 112 cm³/mol. The molecular formula is C20H22ClN3O3S. The van der Waals surface area contributed by atoms with E-state index in [1.807, 2.05) is 38.2 Å². The fraction of sp³-hybridized carbons (Fsp3) is 0.350. The maximum Gasteiger partial charge on any atom is 0.348 e. The highest BCUT2D eigenvalue weighted by molar-refractivity contribution is 7.20. The van der Waals surface area contributed by atoms with E-state index in [0.29, 0.717) is 38.0 Å². The van der Waals surface area contributed by atoms with Crippen LogP contribution in [0.25, 0.3) is 10.2 Å². The van der Waals surface area contributed by atoms with Crippen LogP contribution < -0.4 is 5.56 Å². The number of aromatic amines is 1. The summed E-state index contributed by atoms with van der Waals surface area (Å²) in [6, 6.07) is 7.53. The third kappa shape index (κ3) is 4.11. The molecule has 0 aliphatic carbocycles. The Kier molecular flexibility index (Phi) is 6.17. The minimum absolute atomic E-state index is 0.135. The van der Waals surface area contributed by atoms with Gasteiger partial charge in [-0.1, -0.05) is 23.7 Å². The number of nitrogens with one attached hydrogen (secondary N) is 1. The molecular weight excluding hydrogens is 398 g/mol. The number of benzene rings is 1. The van der Waals surface area contributed by atoms with Crippen LogP contribution >= 0.6 is 22.9 Å². The molecule has 0 saturated carbocycles. The number of H-pyrrole nitrogens is 1. The van der Waals surface area contributed by atoms with Gasteiger partial charge in [0, 0.05) is 11.6 Å². The van der Waals surface area contributed by atoms with Crippen LogP contribution in [0.5, 0.6) is 0 Å². The van der Waals surface area contributed by atoms with Crippen molar-refractivity contribution in [3.8, 4) is 0 Å². The third-order valence-electron chi connectivity index (χ3n) is 4.66. The highest BCUT2D eigenvalue weighted by atomic mass is 35.5. The smallest absolute Gasteiger partial charge is 0.348 e. The SMILES string of the molecule is CCOC(=O)c1sc2nc([C@H](C)N(C)Cc3cccc(Cl)c3)[nH]c(=O)c2c1C. The van der Waals surface area contributed by atoms with E-state index in [9.17, 15) is 9.59 Å². The lowest BCUT2D eigenvalue weighted by Gasteiger charge is -2.24. The summed E-state index contributed by atoms with van der Waals surface area (Å²) in [4.78, 5) is 35.3. The van der Waals surface area contributed by atoms with E-state index in [0.717, 1.165) is 5.56 Å². The van der Waals surface area contributed by atoms with Gasteiger partial charge in [0.2, 0.25) is 0 Å². The van der Waals surface area contributed by atoms with Crippen LogP contribution in [0.2, 0.25) is 5.02 Å². The van der Waals surface area contributed by atoms with Crippen LogP contribution in [-0.4, -0.2) is 34.5 Å². The Labute approximate surface area is 172 Å². The maximum atomic E-state index is 12.7. The average molecular weight is 420 g/mol. The van der Waals surface area contributed by atoms with E-state index in [2.05, 4.69) is 14.9 Å². The number of hydrogen-bond donors (Lipinski definition) is 1. The van der Waals surface area contributed by atoms with Crippen LogP contribution in [0, 0.1) is 6.92 Å². The standard InChI is InChI=1S/C20H22ClN3O3S/c1-5-27-20(26)16-11(2)15-18(25)22-17(23-19(15)28-16)12(3)24(4)10-13-7-6-8-14(21)9-13/h6-9,12H,5,10H2,1-4H3,(H,22,23,25)/t12-/m0/s1. The van der Waals surface area contributed by atoms with Gasteiger partial charge in [-0.3, -0.25) is 9.69 Å². The first-order chi connectivity index (χ1) is 13.3. The summed E-state index contributed by atoms with van der Waals surface area (Å²) in [7, 11) is 1.96. The number of rotatable bonds is 6. The zero-order chi connectivity index (χ0) is 20.4. The topological polar surface area (TPSA) is 75.3 Å². The van der Waals surface area contributed by atoms with Crippen molar-refractivity contribution < 1.29 is 9.53 Å². The van der Waals surface area contributed by atoms with Crippen molar-refractivity contribution in [2.45, 2.75) is 33.4 Å². The molecule has 0 fully saturated rings. The Morgan fingerprint density at radius 1 is 1.43 bits per heavy atom. The zero-order valence-electron chi connectivity index (χ0n) is 16.2. The Morgan fingerprint density at radius 3 is 2.86 bits per heavy atom. The number of aromatic nitrogens is 2. The van der Waals surface area contributed by atoms with E-state index in [1.54, 1.807) is 13.8 Å². The zero-order valence-corrected chi connectivity index (χ0v) is 17.8. The van der Waals surface area contributed by atoms with Gasteiger partial charge in [0.25, 0.3) is 5.56 Å². The number of fused-ring (bicyclic) bond motifs is 1. The largest absolute Gasteiger partial charge is 0.462 e. The molecule has 0 aliphatic heterocycles. The molecule has 0 bridgehead atoms. The number of nitrogens with zero attached hydrogens (tertiary/aromatic N) is 2. The molecule has 1 N–H and O–H groups in total. The second kappa shape index (κ2) is 8.43. The summed E-state index contributed by atoms with van der Waals surface area (Å²) in [5.74, 6) is 0.133. The van der Waals surface area contributed by atoms with E-state index in [1.165, 1.54) is 11.3 Å². The summed E-state index contributed by atoms with van der Waals surface area (Å²) in [5.41, 5.74) is 1.44. The summed E-state index contributed by atoms with van der Waals surface area (Å²) in [6.45, 7) is 6.41. The van der Waals surface area contributed by atoms with Crippen LogP contribution in [-0.2, 0) is 11.3 Å². The number of aryl methyl sites for hydroxylation is 1. The predicted octanol–water partition coefficient (Wildman–Crippen LogP) is 4.32. The molecule has 2 heterocycles. The number of ether oxygens (including phenoxy) is 1. The fourth-order valence-corrected chi connectivity index (χ4v) is 4.31. The van der Waals surface area contributed by atoms with Crippen molar-refractivity contribution in [2.75, 3.05) is 13.7 Å². The second-order valence-electron chi connectivity index (χ2n) is 6.63. The first-order valence-electron chi connectivity index (χ1n) is 8.97. The average Bonchev–Trinajstić information content (AvgIpc) is 2.98. The molecule has 0 amide bonds. The van der Waals surface area contributed by atoms with Crippen LogP contribution in [0.1, 0.15) is 46.5 Å². The number of carbonyl (C=O) groups is 1. The van der Waals surface area contributed by atoms with Gasteiger partial charge in [-0.15, -0.1) is 11.3 Å². The molecule has 0 radical (unpaired) electrons. The number of esters is 1. The molecule has 2 aromatic heterocycles. The summed E-state index contributed by atoms with van der Waals surface area (Å²) in [6.07, 6.45) is 0. The van der Waals surface area contributed by atoms with Gasteiger partial charge >= 0.3 is 5.97 Å². The third-order valence-corrected chi connectivity index (χ3v) is 6.06. The second-order valence-corrected chi connectivity index (χ2v) is 8.06. The van der Waals surface area contributed by atoms with Gasteiger partial charge in [0.15, 0.2) is 0 Å². The summed E-state index contributed by atoms with van der Waals surface area (Å²) < 4.78 is 5.08. The van der Waals surface area contributed by atoms with Crippen molar-refractivity contribution >= 4 is 39.1 Å². The lowest BCUT2D eigenvalue weighted by Crippen LogP contribution is -2.25. The fourth-order valence-electron chi connectivity index (χ4n) is 3.02. The first kappa shape index (κ1) is 20.5. The molecule has 0 saturated heterocycles. The van der Waals surface area contributed by atoms with Crippen LogP contribution in [0.3, 0.4) is 0 Å². The number of hydrogen-bond acceptors (Lipinski definition) is 6. The Bertz CT molecular complexity index is 1080. The molecule has 3 aromatic rings. The van der Waals surface area contributed by atoms with E-state index in [4.69, 9.17) is 16.3 Å².